The van der Waals surface area contributed by atoms with Crippen LogP contribution in [0.3, 0.4) is 0 Å². The number of likely N-dealkylation sites (tertiary alicyclic amines) is 1. The van der Waals surface area contributed by atoms with Crippen molar-refractivity contribution in [1.82, 2.24) is 14.5 Å². The lowest BCUT2D eigenvalue weighted by atomic mass is 9.90. The molecule has 0 aromatic carbocycles. The van der Waals surface area contributed by atoms with Gasteiger partial charge in [-0.2, -0.15) is 0 Å². The van der Waals surface area contributed by atoms with Crippen LogP contribution in [0.4, 0.5) is 0 Å². The summed E-state index contributed by atoms with van der Waals surface area (Å²) in [4.78, 5) is 14.8. The molecule has 1 fully saturated rings. The third-order valence-corrected chi connectivity index (χ3v) is 4.31. The number of piperidine rings is 1. The fourth-order valence-electron chi connectivity index (χ4n) is 2.20. The van der Waals surface area contributed by atoms with Crippen LogP contribution < -0.4 is 0 Å². The van der Waals surface area contributed by atoms with Crippen molar-refractivity contribution in [3.8, 4) is 0 Å². The number of aromatic nitrogens is 2. The van der Waals surface area contributed by atoms with Gasteiger partial charge in [0.05, 0.1) is 11.8 Å². The molecular formula is C13H21N3O2S. The highest BCUT2D eigenvalue weighted by Gasteiger charge is 2.32. The van der Waals surface area contributed by atoms with Crippen molar-refractivity contribution in [3.05, 3.63) is 10.6 Å². The maximum atomic E-state index is 12.5. The third-order valence-electron chi connectivity index (χ3n) is 3.60. The second kappa shape index (κ2) is 5.17. The van der Waals surface area contributed by atoms with Gasteiger partial charge in [0, 0.05) is 18.5 Å². The molecule has 0 aliphatic carbocycles. The maximum Gasteiger partial charge on any atom is 0.267 e. The minimum absolute atomic E-state index is 0.0501. The van der Waals surface area contributed by atoms with Gasteiger partial charge in [0.15, 0.2) is 0 Å². The van der Waals surface area contributed by atoms with Crippen LogP contribution in [0.5, 0.6) is 0 Å². The summed E-state index contributed by atoms with van der Waals surface area (Å²) in [6.45, 7) is 9.18. The van der Waals surface area contributed by atoms with E-state index in [-0.39, 0.29) is 17.2 Å². The van der Waals surface area contributed by atoms with E-state index in [0.29, 0.717) is 18.0 Å². The highest BCUT2D eigenvalue weighted by molar-refractivity contribution is 7.08. The lowest BCUT2D eigenvalue weighted by molar-refractivity contribution is 0.0250. The lowest BCUT2D eigenvalue weighted by Gasteiger charge is -2.34. The Morgan fingerprint density at radius 3 is 2.74 bits per heavy atom. The molecule has 1 aromatic heterocycles. The smallest absolute Gasteiger partial charge is 0.267 e. The largest absolute Gasteiger partial charge is 0.391 e. The number of rotatable bonds is 1. The molecule has 1 N–H and O–H groups in total. The van der Waals surface area contributed by atoms with Crippen LogP contribution in [0, 0.1) is 5.92 Å². The highest BCUT2D eigenvalue weighted by Crippen LogP contribution is 2.28. The van der Waals surface area contributed by atoms with Crippen molar-refractivity contribution in [2.45, 2.75) is 45.6 Å². The Hall–Kier alpha value is -1.01. The summed E-state index contributed by atoms with van der Waals surface area (Å²) in [6.07, 6.45) is 0.404. The number of hydrogen-bond acceptors (Lipinski definition) is 5. The van der Waals surface area contributed by atoms with Crippen molar-refractivity contribution in [2.75, 3.05) is 13.1 Å². The SMILES string of the molecule is CC1CCN(C(=O)c2snnc2C(C)(C)C)CC1O. The molecule has 0 spiro atoms. The van der Waals surface area contributed by atoms with Crippen LogP contribution in [0.15, 0.2) is 0 Å². The minimum atomic E-state index is -0.434. The van der Waals surface area contributed by atoms with Crippen molar-refractivity contribution < 1.29 is 9.90 Å². The van der Waals surface area contributed by atoms with E-state index in [2.05, 4.69) is 9.59 Å². The Kier molecular flexibility index (Phi) is 3.92. The second-order valence-corrected chi connectivity index (χ2v) is 7.04. The molecule has 2 rings (SSSR count). The summed E-state index contributed by atoms with van der Waals surface area (Å²) < 4.78 is 3.92. The number of carbonyl (C=O) groups excluding carboxylic acids is 1. The Balaban J connectivity index is 2.19. The molecule has 6 heteroatoms. The monoisotopic (exact) mass is 283 g/mol. The fraction of sp³-hybridized carbons (Fsp3) is 0.769. The molecule has 0 radical (unpaired) electrons. The van der Waals surface area contributed by atoms with Crippen molar-refractivity contribution in [3.63, 3.8) is 0 Å². The van der Waals surface area contributed by atoms with Crippen LogP contribution in [0.1, 0.15) is 49.5 Å². The average molecular weight is 283 g/mol. The summed E-state index contributed by atoms with van der Waals surface area (Å²) in [6, 6.07) is 0. The van der Waals surface area contributed by atoms with Crippen LogP contribution in [0.25, 0.3) is 0 Å². The predicted octanol–water partition coefficient (Wildman–Crippen LogP) is 1.68. The quantitative estimate of drug-likeness (QED) is 0.851. The zero-order chi connectivity index (χ0) is 14.2. The summed E-state index contributed by atoms with van der Waals surface area (Å²) in [5.41, 5.74) is 0.551. The second-order valence-electron chi connectivity index (χ2n) is 6.29. The maximum absolute atomic E-state index is 12.5. The van der Waals surface area contributed by atoms with Gasteiger partial charge in [-0.25, -0.2) is 0 Å². The Labute approximate surface area is 117 Å². The first-order chi connectivity index (χ1) is 8.80. The van der Waals surface area contributed by atoms with Gasteiger partial charge < -0.3 is 10.0 Å². The van der Waals surface area contributed by atoms with Gasteiger partial charge in [0.1, 0.15) is 4.88 Å². The summed E-state index contributed by atoms with van der Waals surface area (Å²) in [7, 11) is 0. The number of carbonyl (C=O) groups is 1. The third kappa shape index (κ3) is 2.95. The zero-order valence-electron chi connectivity index (χ0n) is 11.9. The summed E-state index contributed by atoms with van der Waals surface area (Å²) in [5.74, 6) is 0.205. The van der Waals surface area contributed by atoms with E-state index in [1.54, 1.807) is 4.90 Å². The predicted molar refractivity (Wildman–Crippen MR) is 74.3 cm³/mol. The van der Waals surface area contributed by atoms with Crippen LogP contribution in [-0.4, -0.2) is 44.7 Å². The topological polar surface area (TPSA) is 66.3 Å². The standard InChI is InChI=1S/C13H21N3O2S/c1-8-5-6-16(7-9(8)17)12(18)10-11(13(2,3)4)14-15-19-10/h8-9,17H,5-7H2,1-4H3. The molecule has 1 saturated heterocycles. The molecule has 2 atom stereocenters. The highest BCUT2D eigenvalue weighted by atomic mass is 32.1. The van der Waals surface area contributed by atoms with Crippen LogP contribution in [0.2, 0.25) is 0 Å². The summed E-state index contributed by atoms with van der Waals surface area (Å²) in [5, 5.41) is 14.0. The molecule has 19 heavy (non-hydrogen) atoms. The lowest BCUT2D eigenvalue weighted by Crippen LogP contribution is -2.46. The van der Waals surface area contributed by atoms with Gasteiger partial charge in [0.2, 0.25) is 0 Å². The van der Waals surface area contributed by atoms with Gasteiger partial charge >= 0.3 is 0 Å². The zero-order valence-corrected chi connectivity index (χ0v) is 12.7. The van der Waals surface area contributed by atoms with E-state index >= 15 is 0 Å². The minimum Gasteiger partial charge on any atom is -0.391 e. The number of aliphatic hydroxyl groups is 1. The van der Waals surface area contributed by atoms with E-state index in [9.17, 15) is 9.90 Å². The molecule has 0 saturated carbocycles. The number of hydrogen-bond donors (Lipinski definition) is 1. The Morgan fingerprint density at radius 2 is 2.16 bits per heavy atom. The first-order valence-electron chi connectivity index (χ1n) is 6.61. The molecule has 2 heterocycles. The number of β-amino-alcohol motifs (C(OH)–C–C–N with tert-alkyl or cyclic N) is 1. The molecule has 2 unspecified atom stereocenters. The van der Waals surface area contributed by atoms with E-state index in [0.717, 1.165) is 23.6 Å². The normalized spacial score (nSPS) is 24.6. The van der Waals surface area contributed by atoms with Crippen molar-refractivity contribution in [1.29, 1.82) is 0 Å². The van der Waals surface area contributed by atoms with Gasteiger partial charge in [-0.15, -0.1) is 5.10 Å². The molecule has 106 valence electrons. The van der Waals surface area contributed by atoms with Crippen LogP contribution in [-0.2, 0) is 5.41 Å². The molecular weight excluding hydrogens is 262 g/mol. The average Bonchev–Trinajstić information content (AvgIpc) is 2.80. The molecule has 1 aromatic rings. The van der Waals surface area contributed by atoms with Crippen molar-refractivity contribution >= 4 is 17.4 Å². The van der Waals surface area contributed by atoms with E-state index in [1.807, 2.05) is 27.7 Å². The molecule has 1 amide bonds. The van der Waals surface area contributed by atoms with E-state index < -0.39 is 6.10 Å². The number of nitrogens with zero attached hydrogens (tertiary/aromatic N) is 3. The fourth-order valence-corrected chi connectivity index (χ4v) is 3.04. The van der Waals surface area contributed by atoms with Crippen molar-refractivity contribution in [2.24, 2.45) is 5.92 Å². The number of aliphatic hydroxyl groups excluding tert-OH is 1. The van der Waals surface area contributed by atoms with E-state index in [4.69, 9.17) is 0 Å². The number of amides is 1. The summed E-state index contributed by atoms with van der Waals surface area (Å²) >= 11 is 1.15. The Bertz CT molecular complexity index is 467. The van der Waals surface area contributed by atoms with Gasteiger partial charge in [-0.3, -0.25) is 4.79 Å². The molecule has 1 aliphatic heterocycles. The first kappa shape index (κ1) is 14.4. The van der Waals surface area contributed by atoms with E-state index in [1.165, 1.54) is 0 Å². The first-order valence-corrected chi connectivity index (χ1v) is 7.38. The van der Waals surface area contributed by atoms with Gasteiger partial charge in [-0.05, 0) is 23.9 Å². The molecule has 1 aliphatic rings. The molecule has 0 bridgehead atoms. The molecule has 5 nitrogen and oxygen atoms in total. The van der Waals surface area contributed by atoms with Gasteiger partial charge in [-0.1, -0.05) is 32.2 Å². The Morgan fingerprint density at radius 1 is 1.47 bits per heavy atom. The van der Waals surface area contributed by atoms with Gasteiger partial charge in [0.25, 0.3) is 5.91 Å². The van der Waals surface area contributed by atoms with Crippen LogP contribution >= 0.6 is 11.5 Å².